The van der Waals surface area contributed by atoms with Gasteiger partial charge in [0, 0.05) is 19.8 Å². The van der Waals surface area contributed by atoms with Crippen LogP contribution in [0, 0.1) is 5.92 Å². The van der Waals surface area contributed by atoms with E-state index in [1.807, 2.05) is 11.8 Å². The summed E-state index contributed by atoms with van der Waals surface area (Å²) >= 11 is 0. The molecule has 0 radical (unpaired) electrons. The molecule has 1 heterocycles. The van der Waals surface area contributed by atoms with Crippen molar-refractivity contribution in [2.24, 2.45) is 5.92 Å². The molecule has 1 saturated heterocycles. The highest BCUT2D eigenvalue weighted by Gasteiger charge is 2.12. The van der Waals surface area contributed by atoms with Crippen LogP contribution in [0.2, 0.25) is 0 Å². The van der Waals surface area contributed by atoms with Gasteiger partial charge in [-0.2, -0.15) is 0 Å². The summed E-state index contributed by atoms with van der Waals surface area (Å²) in [5.41, 5.74) is 0. The summed E-state index contributed by atoms with van der Waals surface area (Å²) in [7, 11) is 0. The van der Waals surface area contributed by atoms with E-state index in [1.165, 1.54) is 44.9 Å². The van der Waals surface area contributed by atoms with Gasteiger partial charge < -0.3 is 15.5 Å². The minimum atomic E-state index is -0.751. The van der Waals surface area contributed by atoms with Gasteiger partial charge in [0.05, 0.1) is 12.6 Å². The highest BCUT2D eigenvalue weighted by atomic mass is 16.4. The van der Waals surface area contributed by atoms with Gasteiger partial charge in [-0.25, -0.2) is 0 Å². The number of carboxylic acids is 1. The van der Waals surface area contributed by atoms with E-state index in [4.69, 9.17) is 5.11 Å². The first-order valence-corrected chi connectivity index (χ1v) is 9.34. The lowest BCUT2D eigenvalue weighted by Crippen LogP contribution is -2.28. The van der Waals surface area contributed by atoms with Gasteiger partial charge in [-0.15, -0.1) is 0 Å². The SMILES string of the molecule is CCCCCCCCC(CC)C(C)O.O=C(O)CN1CCNC1. The Labute approximate surface area is 142 Å². The van der Waals surface area contributed by atoms with Gasteiger partial charge in [0.15, 0.2) is 0 Å². The first-order chi connectivity index (χ1) is 11.0. The van der Waals surface area contributed by atoms with Crippen LogP contribution < -0.4 is 5.32 Å². The van der Waals surface area contributed by atoms with E-state index < -0.39 is 5.97 Å². The predicted molar refractivity (Wildman–Crippen MR) is 95.5 cm³/mol. The Kier molecular flexibility index (Phi) is 14.5. The molecular weight excluding hydrogens is 292 g/mol. The highest BCUT2D eigenvalue weighted by molar-refractivity contribution is 5.69. The molecule has 0 bridgehead atoms. The molecule has 2 atom stereocenters. The van der Waals surface area contributed by atoms with Crippen molar-refractivity contribution >= 4 is 5.97 Å². The van der Waals surface area contributed by atoms with Crippen molar-refractivity contribution in [2.45, 2.75) is 78.2 Å². The van der Waals surface area contributed by atoms with Crippen molar-refractivity contribution in [2.75, 3.05) is 26.3 Å². The molecule has 3 N–H and O–H groups in total. The van der Waals surface area contributed by atoms with E-state index in [0.717, 1.165) is 19.5 Å². The second-order valence-corrected chi connectivity index (χ2v) is 6.57. The van der Waals surface area contributed by atoms with Crippen LogP contribution in [-0.4, -0.2) is 53.5 Å². The number of rotatable bonds is 11. The third-order valence-electron chi connectivity index (χ3n) is 4.43. The van der Waals surface area contributed by atoms with Crippen molar-refractivity contribution in [1.29, 1.82) is 0 Å². The van der Waals surface area contributed by atoms with Crippen LogP contribution in [0.3, 0.4) is 0 Å². The van der Waals surface area contributed by atoms with Crippen molar-refractivity contribution in [3.63, 3.8) is 0 Å². The Morgan fingerprint density at radius 3 is 2.30 bits per heavy atom. The molecular formula is C18H38N2O3. The molecule has 1 rings (SSSR count). The fourth-order valence-corrected chi connectivity index (χ4v) is 2.85. The number of aliphatic carboxylic acids is 1. The third-order valence-corrected chi connectivity index (χ3v) is 4.43. The van der Waals surface area contributed by atoms with E-state index in [2.05, 4.69) is 19.2 Å². The van der Waals surface area contributed by atoms with Gasteiger partial charge in [0.25, 0.3) is 0 Å². The molecule has 0 aromatic heterocycles. The van der Waals surface area contributed by atoms with Crippen LogP contribution in [0.1, 0.15) is 72.1 Å². The maximum atomic E-state index is 10.1. The first kappa shape index (κ1) is 22.4. The molecule has 0 saturated carbocycles. The largest absolute Gasteiger partial charge is 0.480 e. The zero-order chi connectivity index (χ0) is 17.5. The Balaban J connectivity index is 0.000000459. The van der Waals surface area contributed by atoms with Crippen LogP contribution in [0.4, 0.5) is 0 Å². The number of hydrogen-bond acceptors (Lipinski definition) is 4. The lowest BCUT2D eigenvalue weighted by molar-refractivity contribution is -0.138. The number of nitrogens with one attached hydrogen (secondary N) is 1. The fourth-order valence-electron chi connectivity index (χ4n) is 2.85. The monoisotopic (exact) mass is 330 g/mol. The summed E-state index contributed by atoms with van der Waals surface area (Å²) in [5.74, 6) is -0.222. The standard InChI is InChI=1S/C13H28O.C5H10N2O2/c1-4-6-7-8-9-10-11-13(5-2)12(3)14;8-5(9)3-7-2-1-6-4-7/h12-14H,4-11H2,1-3H3;6H,1-4H2,(H,8,9). The zero-order valence-electron chi connectivity index (χ0n) is 15.4. The topological polar surface area (TPSA) is 72.8 Å². The van der Waals surface area contributed by atoms with E-state index in [9.17, 15) is 9.90 Å². The smallest absolute Gasteiger partial charge is 0.317 e. The minimum absolute atomic E-state index is 0.115. The average Bonchev–Trinajstić information content (AvgIpc) is 2.99. The maximum Gasteiger partial charge on any atom is 0.317 e. The average molecular weight is 331 g/mol. The number of carbonyl (C=O) groups is 1. The van der Waals surface area contributed by atoms with Crippen LogP contribution in [0.25, 0.3) is 0 Å². The summed E-state index contributed by atoms with van der Waals surface area (Å²) in [6.45, 7) is 8.99. The van der Waals surface area contributed by atoms with Crippen LogP contribution in [0.5, 0.6) is 0 Å². The Hall–Kier alpha value is -0.650. The molecule has 0 spiro atoms. The van der Waals surface area contributed by atoms with Gasteiger partial charge in [0.2, 0.25) is 0 Å². The molecule has 138 valence electrons. The zero-order valence-corrected chi connectivity index (χ0v) is 15.4. The molecule has 0 amide bonds. The highest BCUT2D eigenvalue weighted by Crippen LogP contribution is 2.18. The number of aliphatic hydroxyl groups is 1. The molecule has 0 aromatic rings. The molecule has 0 aromatic carbocycles. The normalized spacial score (nSPS) is 17.4. The Morgan fingerprint density at radius 1 is 1.17 bits per heavy atom. The summed E-state index contributed by atoms with van der Waals surface area (Å²) in [5, 5.41) is 20.8. The van der Waals surface area contributed by atoms with Gasteiger partial charge in [-0.3, -0.25) is 9.69 Å². The molecule has 1 aliphatic heterocycles. The van der Waals surface area contributed by atoms with Crippen molar-refractivity contribution in [3.8, 4) is 0 Å². The Morgan fingerprint density at radius 2 is 1.83 bits per heavy atom. The third kappa shape index (κ3) is 13.5. The summed E-state index contributed by atoms with van der Waals surface area (Å²) in [4.78, 5) is 11.9. The van der Waals surface area contributed by atoms with E-state index >= 15 is 0 Å². The molecule has 23 heavy (non-hydrogen) atoms. The minimum Gasteiger partial charge on any atom is -0.480 e. The van der Waals surface area contributed by atoms with Crippen LogP contribution in [0.15, 0.2) is 0 Å². The van der Waals surface area contributed by atoms with Gasteiger partial charge >= 0.3 is 5.97 Å². The summed E-state index contributed by atoms with van der Waals surface area (Å²) in [6, 6.07) is 0. The Bertz CT molecular complexity index is 279. The summed E-state index contributed by atoms with van der Waals surface area (Å²) < 4.78 is 0. The van der Waals surface area contributed by atoms with Crippen molar-refractivity contribution in [1.82, 2.24) is 10.2 Å². The molecule has 5 nitrogen and oxygen atoms in total. The number of nitrogens with zero attached hydrogens (tertiary/aromatic N) is 1. The fraction of sp³-hybridized carbons (Fsp3) is 0.944. The molecule has 5 heteroatoms. The summed E-state index contributed by atoms with van der Waals surface area (Å²) in [6.07, 6.45) is 10.3. The van der Waals surface area contributed by atoms with Crippen molar-refractivity contribution < 1.29 is 15.0 Å². The van der Waals surface area contributed by atoms with Crippen LogP contribution in [-0.2, 0) is 4.79 Å². The number of carboxylic acid groups (broad SMARTS) is 1. The van der Waals surface area contributed by atoms with E-state index in [-0.39, 0.29) is 12.6 Å². The molecule has 1 fully saturated rings. The van der Waals surface area contributed by atoms with Gasteiger partial charge in [0.1, 0.15) is 0 Å². The lowest BCUT2D eigenvalue weighted by atomic mass is 9.93. The van der Waals surface area contributed by atoms with Gasteiger partial charge in [-0.05, 0) is 19.3 Å². The lowest BCUT2D eigenvalue weighted by Gasteiger charge is -2.17. The quantitative estimate of drug-likeness (QED) is 0.508. The maximum absolute atomic E-state index is 10.1. The van der Waals surface area contributed by atoms with Gasteiger partial charge in [-0.1, -0.05) is 58.8 Å². The van der Waals surface area contributed by atoms with Crippen LogP contribution >= 0.6 is 0 Å². The number of aliphatic hydroxyl groups excluding tert-OH is 1. The first-order valence-electron chi connectivity index (χ1n) is 9.34. The second kappa shape index (κ2) is 14.9. The number of hydrogen-bond donors (Lipinski definition) is 3. The number of unbranched alkanes of at least 4 members (excludes halogenated alkanes) is 5. The van der Waals surface area contributed by atoms with E-state index in [0.29, 0.717) is 12.6 Å². The van der Waals surface area contributed by atoms with E-state index in [1.54, 1.807) is 0 Å². The second-order valence-electron chi connectivity index (χ2n) is 6.57. The molecule has 1 aliphatic rings. The van der Waals surface area contributed by atoms with Crippen molar-refractivity contribution in [3.05, 3.63) is 0 Å². The molecule has 0 aliphatic carbocycles. The molecule has 2 unspecified atom stereocenters. The predicted octanol–water partition coefficient (Wildman–Crippen LogP) is 3.08.